The van der Waals surface area contributed by atoms with Crippen molar-refractivity contribution in [3.63, 3.8) is 0 Å². The number of nitrogens with one attached hydrogen (secondary N) is 2. The van der Waals surface area contributed by atoms with Crippen LogP contribution in [0, 0.1) is 5.82 Å². The molecule has 0 bridgehead atoms. The van der Waals surface area contributed by atoms with Gasteiger partial charge in [0.15, 0.2) is 23.4 Å². The monoisotopic (exact) mass is 347 g/mol. The summed E-state index contributed by atoms with van der Waals surface area (Å²) in [5.74, 6) is -2.55. The third-order valence-corrected chi connectivity index (χ3v) is 4.11. The van der Waals surface area contributed by atoms with E-state index in [0.29, 0.717) is 5.69 Å². The van der Waals surface area contributed by atoms with Crippen LogP contribution in [-0.2, 0) is 17.6 Å². The number of anilines is 1. The maximum absolute atomic E-state index is 14.0. The number of aromatic amines is 1. The van der Waals surface area contributed by atoms with Gasteiger partial charge in [0, 0.05) is 23.0 Å². The minimum Gasteiger partial charge on any atom is -0.479 e. The van der Waals surface area contributed by atoms with Crippen LogP contribution in [-0.4, -0.2) is 33.3 Å². The Bertz CT molecular complexity index is 818. The van der Waals surface area contributed by atoms with Crippen LogP contribution >= 0.6 is 0 Å². The molecule has 1 aliphatic rings. The molecule has 1 amide bonds. The van der Waals surface area contributed by atoms with Gasteiger partial charge in [-0.15, -0.1) is 0 Å². The maximum atomic E-state index is 14.0. The Morgan fingerprint density at radius 1 is 1.36 bits per heavy atom. The molecule has 132 valence electrons. The van der Waals surface area contributed by atoms with Crippen molar-refractivity contribution in [1.82, 2.24) is 10.2 Å². The van der Waals surface area contributed by atoms with Crippen LogP contribution in [0.3, 0.4) is 0 Å². The van der Waals surface area contributed by atoms with Gasteiger partial charge in [-0.1, -0.05) is 0 Å². The average molecular weight is 347 g/mol. The number of aliphatic carboxylic acids is 1. The molecule has 25 heavy (non-hydrogen) atoms. The summed E-state index contributed by atoms with van der Waals surface area (Å²) < 4.78 is 19.1. The summed E-state index contributed by atoms with van der Waals surface area (Å²) in [5, 5.41) is 18.4. The normalized spacial score (nSPS) is 14.5. The second kappa shape index (κ2) is 6.92. The molecule has 1 aliphatic carbocycles. The lowest BCUT2D eigenvalue weighted by Crippen LogP contribution is -2.23. The molecule has 0 aliphatic heterocycles. The molecule has 7 nitrogen and oxygen atoms in total. The highest BCUT2D eigenvalue weighted by Gasteiger charge is 2.22. The average Bonchev–Trinajstić information content (AvgIpc) is 3.01. The van der Waals surface area contributed by atoms with Crippen LogP contribution in [0.2, 0.25) is 0 Å². The first-order chi connectivity index (χ1) is 12.0. The number of rotatable bonds is 5. The number of carbonyl (C=O) groups is 2. The van der Waals surface area contributed by atoms with Crippen molar-refractivity contribution >= 4 is 17.6 Å². The Morgan fingerprint density at radius 2 is 2.12 bits per heavy atom. The van der Waals surface area contributed by atoms with E-state index in [1.807, 2.05) is 0 Å². The SMILES string of the molecule is CC(Oc1ccc(NC(=O)c2n[nH]c3c2CCCC3)cc1F)C(=O)O. The largest absolute Gasteiger partial charge is 0.479 e. The first-order valence-electron chi connectivity index (χ1n) is 8.02. The van der Waals surface area contributed by atoms with Gasteiger partial charge < -0.3 is 15.2 Å². The summed E-state index contributed by atoms with van der Waals surface area (Å²) in [4.78, 5) is 23.1. The second-order valence-corrected chi connectivity index (χ2v) is 5.93. The number of aryl methyl sites for hydroxylation is 1. The molecule has 0 saturated carbocycles. The highest BCUT2D eigenvalue weighted by molar-refractivity contribution is 6.04. The fraction of sp³-hybridized carbons (Fsp3) is 0.353. The zero-order valence-electron chi connectivity index (χ0n) is 13.6. The lowest BCUT2D eigenvalue weighted by atomic mass is 9.96. The number of halogens is 1. The van der Waals surface area contributed by atoms with Gasteiger partial charge in [-0.2, -0.15) is 5.10 Å². The molecule has 1 aromatic carbocycles. The first-order valence-corrected chi connectivity index (χ1v) is 8.02. The minimum absolute atomic E-state index is 0.190. The summed E-state index contributed by atoms with van der Waals surface area (Å²) in [7, 11) is 0. The molecule has 8 heteroatoms. The Kier molecular flexibility index (Phi) is 4.69. The van der Waals surface area contributed by atoms with Crippen LogP contribution < -0.4 is 10.1 Å². The summed E-state index contributed by atoms with van der Waals surface area (Å²) in [6, 6.07) is 3.81. The Labute approximate surface area is 143 Å². The van der Waals surface area contributed by atoms with E-state index in [2.05, 4.69) is 15.5 Å². The summed E-state index contributed by atoms with van der Waals surface area (Å²) in [5.41, 5.74) is 2.47. The van der Waals surface area contributed by atoms with E-state index >= 15 is 0 Å². The summed E-state index contributed by atoms with van der Waals surface area (Å²) in [6.07, 6.45) is 2.57. The highest BCUT2D eigenvalue weighted by Crippen LogP contribution is 2.25. The second-order valence-electron chi connectivity index (χ2n) is 5.93. The molecular weight excluding hydrogens is 329 g/mol. The van der Waals surface area contributed by atoms with E-state index in [9.17, 15) is 14.0 Å². The van der Waals surface area contributed by atoms with Gasteiger partial charge >= 0.3 is 5.97 Å². The molecule has 1 heterocycles. The van der Waals surface area contributed by atoms with Crippen molar-refractivity contribution in [3.8, 4) is 5.75 Å². The smallest absolute Gasteiger partial charge is 0.344 e. The van der Waals surface area contributed by atoms with Crippen LogP contribution in [0.25, 0.3) is 0 Å². The Morgan fingerprint density at radius 3 is 2.84 bits per heavy atom. The third kappa shape index (κ3) is 3.62. The minimum atomic E-state index is -1.19. The first kappa shape index (κ1) is 16.9. The summed E-state index contributed by atoms with van der Waals surface area (Å²) >= 11 is 0. The maximum Gasteiger partial charge on any atom is 0.344 e. The fourth-order valence-corrected chi connectivity index (χ4v) is 2.77. The lowest BCUT2D eigenvalue weighted by Gasteiger charge is -2.13. The van der Waals surface area contributed by atoms with Crippen molar-refractivity contribution < 1.29 is 23.8 Å². The quantitative estimate of drug-likeness (QED) is 0.771. The number of carbonyl (C=O) groups excluding carboxylic acids is 1. The Balaban J connectivity index is 1.73. The number of hydrogen-bond donors (Lipinski definition) is 3. The van der Waals surface area contributed by atoms with E-state index in [4.69, 9.17) is 9.84 Å². The molecule has 0 fully saturated rings. The van der Waals surface area contributed by atoms with Crippen molar-refractivity contribution in [2.24, 2.45) is 0 Å². The van der Waals surface area contributed by atoms with E-state index in [-0.39, 0.29) is 11.4 Å². The number of carboxylic acid groups (broad SMARTS) is 1. The van der Waals surface area contributed by atoms with E-state index in [1.165, 1.54) is 19.1 Å². The molecule has 3 rings (SSSR count). The fourth-order valence-electron chi connectivity index (χ4n) is 2.77. The Hall–Kier alpha value is -2.90. The van der Waals surface area contributed by atoms with Gasteiger partial charge in [0.1, 0.15) is 0 Å². The standard InChI is InChI=1S/C17H18FN3O4/c1-9(17(23)24)25-14-7-6-10(8-12(14)18)19-16(22)15-11-4-2-3-5-13(11)20-21-15/h6-9H,2-5H2,1H3,(H,19,22)(H,20,21)(H,23,24). The van der Waals surface area contributed by atoms with Crippen molar-refractivity contribution in [1.29, 1.82) is 0 Å². The topological polar surface area (TPSA) is 104 Å². The van der Waals surface area contributed by atoms with Gasteiger partial charge in [0.25, 0.3) is 5.91 Å². The number of nitrogens with zero attached hydrogens (tertiary/aromatic N) is 1. The predicted molar refractivity (Wildman–Crippen MR) is 87.3 cm³/mol. The number of fused-ring (bicyclic) bond motifs is 1. The van der Waals surface area contributed by atoms with Crippen LogP contribution in [0.4, 0.5) is 10.1 Å². The molecule has 2 aromatic rings. The van der Waals surface area contributed by atoms with Crippen LogP contribution in [0.5, 0.6) is 5.75 Å². The number of hydrogen-bond acceptors (Lipinski definition) is 4. The number of benzene rings is 1. The molecule has 3 N–H and O–H groups in total. The van der Waals surface area contributed by atoms with Crippen LogP contribution in [0.15, 0.2) is 18.2 Å². The number of H-pyrrole nitrogens is 1. The van der Waals surface area contributed by atoms with Gasteiger partial charge in [0.05, 0.1) is 0 Å². The van der Waals surface area contributed by atoms with Gasteiger partial charge in [-0.3, -0.25) is 9.89 Å². The van der Waals surface area contributed by atoms with E-state index in [0.717, 1.165) is 43.0 Å². The van der Waals surface area contributed by atoms with Crippen molar-refractivity contribution in [3.05, 3.63) is 41.0 Å². The van der Waals surface area contributed by atoms with E-state index < -0.39 is 23.8 Å². The molecule has 1 atom stereocenters. The number of amides is 1. The van der Waals surface area contributed by atoms with Crippen molar-refractivity contribution in [2.75, 3.05) is 5.32 Å². The predicted octanol–water partition coefficient (Wildman–Crippen LogP) is 2.53. The summed E-state index contributed by atoms with van der Waals surface area (Å²) in [6.45, 7) is 1.30. The molecule has 0 radical (unpaired) electrons. The molecular formula is C17H18FN3O4. The molecule has 1 unspecified atom stereocenters. The van der Waals surface area contributed by atoms with E-state index in [1.54, 1.807) is 0 Å². The highest BCUT2D eigenvalue weighted by atomic mass is 19.1. The molecule has 0 spiro atoms. The molecule has 0 saturated heterocycles. The number of ether oxygens (including phenoxy) is 1. The number of carboxylic acids is 1. The van der Waals surface area contributed by atoms with Crippen LogP contribution in [0.1, 0.15) is 41.5 Å². The third-order valence-electron chi connectivity index (χ3n) is 4.11. The van der Waals surface area contributed by atoms with Gasteiger partial charge in [0.2, 0.25) is 0 Å². The zero-order valence-corrected chi connectivity index (χ0v) is 13.6. The van der Waals surface area contributed by atoms with Crippen molar-refractivity contribution in [2.45, 2.75) is 38.7 Å². The molecule has 1 aromatic heterocycles. The zero-order chi connectivity index (χ0) is 18.0. The number of aromatic nitrogens is 2. The lowest BCUT2D eigenvalue weighted by molar-refractivity contribution is -0.144. The van der Waals surface area contributed by atoms with Gasteiger partial charge in [-0.05, 0) is 44.7 Å². The van der Waals surface area contributed by atoms with Gasteiger partial charge in [-0.25, -0.2) is 9.18 Å².